The van der Waals surface area contributed by atoms with Gasteiger partial charge in [0.1, 0.15) is 14.9 Å². The normalized spacial score (nSPS) is 11.7. The molecule has 0 heterocycles. The Morgan fingerprint density at radius 3 is 2.38 bits per heavy atom. The maximum absolute atomic E-state index is 11.7. The van der Waals surface area contributed by atoms with Crippen LogP contribution in [0.3, 0.4) is 0 Å². The lowest BCUT2D eigenvalue weighted by Gasteiger charge is -2.14. The lowest BCUT2D eigenvalue weighted by atomic mass is 10.3. The molecule has 0 N–H and O–H groups in total. The van der Waals surface area contributed by atoms with E-state index < -0.39 is 31.7 Å². The van der Waals surface area contributed by atoms with Crippen molar-refractivity contribution in [3.05, 3.63) is 38.5 Å². The monoisotopic (exact) mass is 262 g/mol. The lowest BCUT2D eigenvalue weighted by molar-refractivity contribution is -0.387. The van der Waals surface area contributed by atoms with Crippen molar-refractivity contribution < 1.29 is 13.3 Å². The van der Waals surface area contributed by atoms with E-state index in [0.29, 0.717) is 0 Å². The topological polar surface area (TPSA) is 91.4 Å². The maximum Gasteiger partial charge on any atom is 0.286 e. The van der Waals surface area contributed by atoms with Crippen molar-refractivity contribution in [2.24, 2.45) is 0 Å². The van der Waals surface area contributed by atoms with Crippen LogP contribution >= 0.6 is 0 Å². The molecule has 0 fully saturated rings. The Labute approximate surface area is 96.4 Å². The Morgan fingerprint density at radius 1 is 1.31 bits per heavy atom. The molecule has 1 aromatic carbocycles. The zero-order valence-electron chi connectivity index (χ0n) is 8.65. The van der Waals surface area contributed by atoms with Crippen LogP contribution in [0.15, 0.2) is 29.2 Å². The molecule has 0 saturated carbocycles. The van der Waals surface area contributed by atoms with Gasteiger partial charge < -0.3 is 4.13 Å². The third-order valence-electron chi connectivity index (χ3n) is 1.59. The van der Waals surface area contributed by atoms with Crippen LogP contribution in [0, 0.1) is 10.1 Å². The Balaban J connectivity index is 3.28. The molecule has 0 aliphatic heterocycles. The van der Waals surface area contributed by atoms with Gasteiger partial charge in [0.25, 0.3) is 5.69 Å². The molecule has 0 spiro atoms. The Morgan fingerprint density at radius 2 is 1.88 bits per heavy atom. The first-order valence-electron chi connectivity index (χ1n) is 4.14. The van der Waals surface area contributed by atoms with Gasteiger partial charge in [-0.1, -0.05) is 23.2 Å². The van der Waals surface area contributed by atoms with Crippen molar-refractivity contribution in [3.8, 4) is 0 Å². The molecule has 16 heavy (non-hydrogen) atoms. The fraction of sp³-hybridized carbons (Fsp3) is 0.250. The van der Waals surface area contributed by atoms with Gasteiger partial charge in [-0.3, -0.25) is 10.1 Å². The zero-order valence-corrected chi connectivity index (χ0v) is 10.3. The van der Waals surface area contributed by atoms with Crippen molar-refractivity contribution in [2.45, 2.75) is 4.90 Å². The molecule has 6 nitrogen and oxygen atoms in total. The van der Waals surface area contributed by atoms with E-state index >= 15 is 0 Å². The third-order valence-corrected chi connectivity index (χ3v) is 4.47. The van der Waals surface area contributed by atoms with Gasteiger partial charge in [0.2, 0.25) is 0 Å². The van der Waals surface area contributed by atoms with E-state index in [0.717, 1.165) is 6.07 Å². The molecule has 1 rings (SSSR count). The number of benzene rings is 1. The molecule has 0 saturated heterocycles. The van der Waals surface area contributed by atoms with Crippen LogP contribution in [-0.4, -0.2) is 25.9 Å². The highest BCUT2D eigenvalue weighted by atomic mass is 32.3. The highest BCUT2D eigenvalue weighted by Gasteiger charge is 2.21. The second-order valence-corrected chi connectivity index (χ2v) is 6.58. The Kier molecular flexibility index (Phi) is 3.89. The zero-order chi connectivity index (χ0) is 12.3. The molecule has 0 unspecified atom stereocenters. The van der Waals surface area contributed by atoms with Crippen LogP contribution in [0.1, 0.15) is 0 Å². The van der Waals surface area contributed by atoms with Crippen LogP contribution < -0.4 is 0 Å². The molecular formula is C8H10N2O4S2. The fourth-order valence-corrected chi connectivity index (χ4v) is 3.61. The molecule has 0 atom stereocenters. The van der Waals surface area contributed by atoms with E-state index in [1.54, 1.807) is 12.5 Å². The highest BCUT2D eigenvalue weighted by molar-refractivity contribution is 8.14. The fourth-order valence-electron chi connectivity index (χ4n) is 1.06. The van der Waals surface area contributed by atoms with Crippen molar-refractivity contribution >= 4 is 26.8 Å². The van der Waals surface area contributed by atoms with Gasteiger partial charge in [-0.05, 0) is 6.07 Å². The third kappa shape index (κ3) is 2.94. The highest BCUT2D eigenvalue weighted by Crippen LogP contribution is 2.28. The molecule has 0 amide bonds. The summed E-state index contributed by atoms with van der Waals surface area (Å²) in [6.45, 7) is 0. The Hall–Kier alpha value is -1.12. The predicted molar refractivity (Wildman–Crippen MR) is 62.9 cm³/mol. The second-order valence-electron chi connectivity index (χ2n) is 3.05. The first kappa shape index (κ1) is 12.9. The summed E-state index contributed by atoms with van der Waals surface area (Å²) in [5.74, 6) is 0. The van der Waals surface area contributed by atoms with E-state index in [1.165, 1.54) is 18.2 Å². The molecular weight excluding hydrogens is 252 g/mol. The van der Waals surface area contributed by atoms with Gasteiger partial charge in [-0.25, -0.2) is 8.42 Å². The summed E-state index contributed by atoms with van der Waals surface area (Å²) >= 11 is -0.693. The average molecular weight is 262 g/mol. The molecule has 88 valence electrons. The van der Waals surface area contributed by atoms with Gasteiger partial charge in [0.05, 0.1) is 17.4 Å². The molecule has 0 aliphatic carbocycles. The minimum absolute atomic E-state index is 0.360. The van der Waals surface area contributed by atoms with Gasteiger partial charge in [0.15, 0.2) is 0 Å². The maximum atomic E-state index is 11.7. The molecule has 1 aromatic rings. The van der Waals surface area contributed by atoms with E-state index in [4.69, 9.17) is 0 Å². The van der Waals surface area contributed by atoms with Gasteiger partial charge >= 0.3 is 0 Å². The lowest BCUT2D eigenvalue weighted by Crippen LogP contribution is -2.07. The minimum atomic E-state index is -3.94. The second kappa shape index (κ2) is 4.81. The van der Waals surface area contributed by atoms with E-state index in [1.807, 2.05) is 0 Å². The number of para-hydroxylation sites is 1. The molecule has 8 heteroatoms. The summed E-state index contributed by atoms with van der Waals surface area (Å²) < 4.78 is 26.9. The van der Waals surface area contributed by atoms with Crippen molar-refractivity contribution in [3.63, 3.8) is 0 Å². The van der Waals surface area contributed by atoms with E-state index in [9.17, 15) is 18.5 Å². The van der Waals surface area contributed by atoms with Crippen LogP contribution in [0.5, 0.6) is 0 Å². The predicted octanol–water partition coefficient (Wildman–Crippen LogP) is 1.45. The van der Waals surface area contributed by atoms with Crippen LogP contribution in [0.4, 0.5) is 5.69 Å². The summed E-state index contributed by atoms with van der Waals surface area (Å²) in [4.78, 5) is 9.57. The molecule has 0 aliphatic rings. The van der Waals surface area contributed by atoms with Gasteiger partial charge in [0, 0.05) is 6.07 Å². The summed E-state index contributed by atoms with van der Waals surface area (Å²) in [7, 11) is -3.94. The van der Waals surface area contributed by atoms with Crippen molar-refractivity contribution in [1.82, 2.24) is 0 Å². The Bertz CT molecular complexity index is 499. The average Bonchev–Trinajstić information content (AvgIpc) is 2.15. The summed E-state index contributed by atoms with van der Waals surface area (Å²) in [5.41, 5.74) is -0.447. The summed E-state index contributed by atoms with van der Waals surface area (Å²) in [5, 5.41) is 10.7. The standard InChI is InChI=1S/C8H10N2O4S2/c1-15(2)9-16(13,14)8-6-4-3-5-7(8)10(11)12/h3-6H,1-2H3. The van der Waals surface area contributed by atoms with Crippen molar-refractivity contribution in [2.75, 3.05) is 12.5 Å². The number of nitro benzene ring substituents is 1. The number of hydrogen-bond donors (Lipinski definition) is 0. The van der Waals surface area contributed by atoms with Crippen LogP contribution in [0.25, 0.3) is 4.13 Å². The molecule has 0 bridgehead atoms. The molecule has 0 radical (unpaired) electrons. The quantitative estimate of drug-likeness (QED) is 0.466. The number of nitro groups is 1. The van der Waals surface area contributed by atoms with E-state index in [2.05, 4.69) is 4.13 Å². The number of nitrogens with zero attached hydrogens (tertiary/aromatic N) is 2. The first-order chi connectivity index (χ1) is 7.34. The number of rotatable bonds is 4. The minimum Gasteiger partial charge on any atom is -0.313 e. The van der Waals surface area contributed by atoms with Crippen LogP contribution in [0.2, 0.25) is 0 Å². The summed E-state index contributed by atoms with van der Waals surface area (Å²) in [6.07, 6.45) is 3.23. The summed E-state index contributed by atoms with van der Waals surface area (Å²) in [6, 6.07) is 5.17. The van der Waals surface area contributed by atoms with E-state index in [-0.39, 0.29) is 4.90 Å². The molecule has 0 aromatic heterocycles. The smallest absolute Gasteiger partial charge is 0.286 e. The van der Waals surface area contributed by atoms with Gasteiger partial charge in [-0.15, -0.1) is 0 Å². The number of sulfonamides is 1. The largest absolute Gasteiger partial charge is 0.313 e. The SMILES string of the molecule is C[S+](C)[N-]S(=O)(=O)c1ccccc1[N+](=O)[O-]. The number of hydrogen-bond acceptors (Lipinski definition) is 4. The van der Waals surface area contributed by atoms with Gasteiger partial charge in [-0.2, -0.15) is 0 Å². The first-order valence-corrected chi connectivity index (χ1v) is 7.57. The van der Waals surface area contributed by atoms with Crippen molar-refractivity contribution in [1.29, 1.82) is 0 Å². The van der Waals surface area contributed by atoms with Crippen LogP contribution in [-0.2, 0) is 21.1 Å².